The molecule has 0 atom stereocenters. The van der Waals surface area contributed by atoms with Gasteiger partial charge in [-0.3, -0.25) is 5.23 Å². The van der Waals surface area contributed by atoms with E-state index < -0.39 is 11.9 Å². The van der Waals surface area contributed by atoms with Crippen LogP contribution in [0.15, 0.2) is 59.5 Å². The smallest absolute Gasteiger partial charge is 0.340 e. The summed E-state index contributed by atoms with van der Waals surface area (Å²) in [6.07, 6.45) is 2.32. The van der Waals surface area contributed by atoms with Gasteiger partial charge < -0.3 is 15.3 Å². The lowest BCUT2D eigenvalue weighted by Gasteiger charge is -2.27. The Morgan fingerprint density at radius 1 is 1.39 bits per heavy atom. The summed E-state index contributed by atoms with van der Waals surface area (Å²) in [6, 6.07) is 7.18. The van der Waals surface area contributed by atoms with Crippen LogP contribution >= 0.6 is 0 Å². The first-order valence-electron chi connectivity index (χ1n) is 6.70. The first kappa shape index (κ1) is 15.1. The van der Waals surface area contributed by atoms with Crippen molar-refractivity contribution >= 4 is 11.7 Å². The summed E-state index contributed by atoms with van der Waals surface area (Å²) in [7, 11) is 1.19. The number of esters is 1. The van der Waals surface area contributed by atoms with E-state index in [9.17, 15) is 14.4 Å². The van der Waals surface area contributed by atoms with Crippen molar-refractivity contribution in [3.8, 4) is 0 Å². The van der Waals surface area contributed by atoms with Crippen LogP contribution in [-0.2, 0) is 14.5 Å². The summed E-state index contributed by atoms with van der Waals surface area (Å²) >= 11 is 0. The summed E-state index contributed by atoms with van der Waals surface area (Å²) < 4.78 is 19.4. The normalized spacial score (nSPS) is 16.9. The number of carbonyl (C=O) groups is 1. The first-order chi connectivity index (χ1) is 11.0. The number of methoxy groups -OCH3 is 1. The Morgan fingerprint density at radius 2 is 2.13 bits per heavy atom. The average Bonchev–Trinajstić information content (AvgIpc) is 2.92. The Labute approximate surface area is 131 Å². The maximum Gasteiger partial charge on any atom is 0.340 e. The predicted octanol–water partition coefficient (Wildman–Crippen LogP) is 2.46. The predicted molar refractivity (Wildman–Crippen MR) is 79.2 cm³/mol. The van der Waals surface area contributed by atoms with E-state index in [2.05, 4.69) is 15.0 Å². The van der Waals surface area contributed by atoms with Gasteiger partial charge in [-0.25, -0.2) is 4.79 Å². The molecule has 2 aliphatic rings. The topological polar surface area (TPSA) is 77.1 Å². The van der Waals surface area contributed by atoms with Crippen molar-refractivity contribution in [1.29, 1.82) is 0 Å². The van der Waals surface area contributed by atoms with Crippen LogP contribution in [0.3, 0.4) is 0 Å². The highest BCUT2D eigenvalue weighted by atomic mass is 19.1. The molecule has 0 aromatic heterocycles. The molecule has 0 saturated heterocycles. The lowest BCUT2D eigenvalue weighted by molar-refractivity contribution is -0.230. The Balaban J connectivity index is 2.04. The van der Waals surface area contributed by atoms with Crippen LogP contribution in [0.2, 0.25) is 0 Å². The van der Waals surface area contributed by atoms with Gasteiger partial charge in [0, 0.05) is 11.9 Å². The van der Waals surface area contributed by atoms with E-state index in [0.29, 0.717) is 10.8 Å². The molecule has 8 heteroatoms. The highest BCUT2D eigenvalue weighted by Crippen LogP contribution is 2.35. The molecule has 23 heavy (non-hydrogen) atoms. The fourth-order valence-electron chi connectivity index (χ4n) is 2.23. The number of allylic oxidation sites excluding steroid dienone is 1. The van der Waals surface area contributed by atoms with E-state index in [4.69, 9.17) is 0 Å². The van der Waals surface area contributed by atoms with Crippen molar-refractivity contribution in [3.63, 3.8) is 0 Å². The molecule has 7 nitrogen and oxygen atoms in total. The molecule has 2 heterocycles. The SMILES string of the molecule is COC(=O)C1=CC2=CN([O-])ON2C(F)=C1Nc1ccccc1C. The second-order valence-electron chi connectivity index (χ2n) is 4.87. The van der Waals surface area contributed by atoms with Crippen LogP contribution in [0, 0.1) is 12.1 Å². The number of hydrogen-bond acceptors (Lipinski definition) is 7. The third kappa shape index (κ3) is 2.65. The highest BCUT2D eigenvalue weighted by Gasteiger charge is 2.34. The fraction of sp³-hybridized carbons (Fsp3) is 0.133. The van der Waals surface area contributed by atoms with Crippen molar-refractivity contribution in [2.24, 2.45) is 0 Å². The second-order valence-corrected chi connectivity index (χ2v) is 4.87. The molecule has 0 spiro atoms. The van der Waals surface area contributed by atoms with E-state index in [1.54, 1.807) is 12.1 Å². The van der Waals surface area contributed by atoms with E-state index in [0.717, 1.165) is 11.8 Å². The minimum Gasteiger partial charge on any atom is -0.732 e. The third-order valence-corrected chi connectivity index (χ3v) is 3.39. The number of nitrogens with zero attached hydrogens (tertiary/aromatic N) is 2. The molecule has 2 aliphatic heterocycles. The molecular weight excluding hydrogens is 305 g/mol. The Morgan fingerprint density at radius 3 is 2.83 bits per heavy atom. The summed E-state index contributed by atoms with van der Waals surface area (Å²) in [4.78, 5) is 16.6. The molecule has 0 bridgehead atoms. The van der Waals surface area contributed by atoms with Crippen molar-refractivity contribution in [3.05, 3.63) is 70.2 Å². The number of fused-ring (bicyclic) bond motifs is 1. The molecule has 120 valence electrons. The maximum atomic E-state index is 14.7. The van der Waals surface area contributed by atoms with Crippen LogP contribution in [0.25, 0.3) is 0 Å². The highest BCUT2D eigenvalue weighted by molar-refractivity contribution is 5.95. The molecule has 0 saturated carbocycles. The van der Waals surface area contributed by atoms with Crippen LogP contribution < -0.4 is 5.32 Å². The number of para-hydroxylation sites is 1. The fourth-order valence-corrected chi connectivity index (χ4v) is 2.23. The lowest BCUT2D eigenvalue weighted by Crippen LogP contribution is -2.27. The maximum absolute atomic E-state index is 14.7. The van der Waals surface area contributed by atoms with E-state index in [1.807, 2.05) is 19.1 Å². The van der Waals surface area contributed by atoms with E-state index in [1.165, 1.54) is 13.2 Å². The number of rotatable bonds is 3. The molecule has 1 aromatic rings. The molecule has 1 N–H and O–H groups in total. The van der Waals surface area contributed by atoms with Gasteiger partial charge in [-0.1, -0.05) is 18.2 Å². The zero-order valence-corrected chi connectivity index (χ0v) is 12.4. The summed E-state index contributed by atoms with van der Waals surface area (Å²) in [5.41, 5.74) is 1.37. The average molecular weight is 318 g/mol. The molecule has 0 amide bonds. The number of halogens is 1. The van der Waals surface area contributed by atoms with Crippen LogP contribution in [-0.4, -0.2) is 23.4 Å². The largest absolute Gasteiger partial charge is 0.732 e. The first-order valence-corrected chi connectivity index (χ1v) is 6.70. The minimum absolute atomic E-state index is 0.0466. The number of hydroxylamine groups is 4. The zero-order valence-electron chi connectivity index (χ0n) is 12.4. The standard InChI is InChI=1S/C15H13FN3O4/c1-9-5-3-4-6-12(9)17-13-11(15(20)22-2)7-10-8-18(21)23-19(10)14(13)16/h3-8,17H,1-2H3/q-1. The monoisotopic (exact) mass is 318 g/mol. The van der Waals surface area contributed by atoms with Gasteiger partial charge in [0.25, 0.3) is 0 Å². The molecule has 0 radical (unpaired) electrons. The number of hydrogen-bond donors (Lipinski definition) is 1. The van der Waals surface area contributed by atoms with Gasteiger partial charge in [-0.05, 0) is 24.6 Å². The van der Waals surface area contributed by atoms with Gasteiger partial charge in [0.15, 0.2) is 0 Å². The summed E-state index contributed by atoms with van der Waals surface area (Å²) in [5.74, 6) is -1.65. The van der Waals surface area contributed by atoms with Crippen LogP contribution in [0.4, 0.5) is 10.1 Å². The zero-order chi connectivity index (χ0) is 16.6. The number of anilines is 1. The van der Waals surface area contributed by atoms with Gasteiger partial charge in [0.05, 0.1) is 18.4 Å². The van der Waals surface area contributed by atoms with E-state index in [-0.39, 0.29) is 22.2 Å². The van der Waals surface area contributed by atoms with Gasteiger partial charge in [0.2, 0.25) is 5.95 Å². The number of nitrogens with one attached hydrogen (secondary N) is 1. The molecule has 3 rings (SSSR count). The lowest BCUT2D eigenvalue weighted by atomic mass is 10.1. The molecule has 0 aliphatic carbocycles. The molecule has 0 fully saturated rings. The van der Waals surface area contributed by atoms with Gasteiger partial charge in [-0.15, -0.1) is 0 Å². The summed E-state index contributed by atoms with van der Waals surface area (Å²) in [6.45, 7) is 1.84. The summed E-state index contributed by atoms with van der Waals surface area (Å²) in [5, 5.41) is 14.9. The molecule has 1 aromatic carbocycles. The number of ether oxygens (including phenoxy) is 1. The Kier molecular flexibility index (Phi) is 3.77. The number of carbonyl (C=O) groups excluding carboxylic acids is 1. The minimum atomic E-state index is -0.916. The van der Waals surface area contributed by atoms with Gasteiger partial charge >= 0.3 is 5.97 Å². The quantitative estimate of drug-likeness (QED) is 0.677. The van der Waals surface area contributed by atoms with Gasteiger partial charge in [0.1, 0.15) is 5.70 Å². The molecular formula is C15H13FN3O4-. The third-order valence-electron chi connectivity index (χ3n) is 3.39. The van der Waals surface area contributed by atoms with E-state index >= 15 is 0 Å². The van der Waals surface area contributed by atoms with Crippen molar-refractivity contribution < 1.29 is 18.9 Å². The van der Waals surface area contributed by atoms with Crippen molar-refractivity contribution in [2.75, 3.05) is 12.4 Å². The van der Waals surface area contributed by atoms with Crippen LogP contribution in [0.5, 0.6) is 0 Å². The number of benzene rings is 1. The van der Waals surface area contributed by atoms with Crippen molar-refractivity contribution in [2.45, 2.75) is 6.92 Å². The van der Waals surface area contributed by atoms with Crippen LogP contribution in [0.1, 0.15) is 5.56 Å². The second kappa shape index (κ2) is 5.75. The molecule has 0 unspecified atom stereocenters. The Bertz CT molecular complexity index is 757. The number of aryl methyl sites for hydroxylation is 1. The Hall–Kier alpha value is -2.84. The van der Waals surface area contributed by atoms with Crippen molar-refractivity contribution in [1.82, 2.24) is 10.3 Å². The van der Waals surface area contributed by atoms with Gasteiger partial charge in [-0.2, -0.15) is 14.4 Å².